The van der Waals surface area contributed by atoms with Gasteiger partial charge in [0.25, 0.3) is 0 Å². The Morgan fingerprint density at radius 1 is 1.62 bits per heavy atom. The zero-order chi connectivity index (χ0) is 9.68. The van der Waals surface area contributed by atoms with E-state index in [0.29, 0.717) is 5.02 Å². The molecular weight excluding hydrogens is 188 g/mol. The van der Waals surface area contributed by atoms with Gasteiger partial charge in [-0.2, -0.15) is 0 Å². The average Bonchev–Trinajstić information content (AvgIpc) is 2.16. The summed E-state index contributed by atoms with van der Waals surface area (Å²) in [6, 6.07) is 1.78. The summed E-state index contributed by atoms with van der Waals surface area (Å²) in [6.07, 6.45) is 2.48. The minimum Gasteiger partial charge on any atom is -0.495 e. The predicted octanol–water partition coefficient (Wildman–Crippen LogP) is 1.51. The van der Waals surface area contributed by atoms with E-state index in [2.05, 4.69) is 10.3 Å². The Kier molecular flexibility index (Phi) is 3.99. The number of likely N-dealkylation sites (N-methyl/N-ethyl adjacent to an activating group) is 1. The summed E-state index contributed by atoms with van der Waals surface area (Å²) in [7, 11) is 3.53. The number of rotatable bonds is 4. The summed E-state index contributed by atoms with van der Waals surface area (Å²) in [4.78, 5) is 4.19. The third-order valence-corrected chi connectivity index (χ3v) is 1.94. The summed E-state index contributed by atoms with van der Waals surface area (Å²) in [6.45, 7) is 0.880. The van der Waals surface area contributed by atoms with Crippen molar-refractivity contribution in [1.82, 2.24) is 10.3 Å². The molecule has 1 heterocycles. The van der Waals surface area contributed by atoms with Crippen molar-refractivity contribution in [2.24, 2.45) is 0 Å². The van der Waals surface area contributed by atoms with Gasteiger partial charge in [-0.25, -0.2) is 0 Å². The predicted molar refractivity (Wildman–Crippen MR) is 53.4 cm³/mol. The topological polar surface area (TPSA) is 34.2 Å². The Morgan fingerprint density at radius 2 is 2.38 bits per heavy atom. The lowest BCUT2D eigenvalue weighted by Gasteiger charge is -2.06. The Bertz CT molecular complexity index is 278. The van der Waals surface area contributed by atoms with Crippen LogP contribution in [0.2, 0.25) is 5.02 Å². The summed E-state index contributed by atoms with van der Waals surface area (Å²) in [5.41, 5.74) is 0.932. The molecule has 0 aliphatic rings. The van der Waals surface area contributed by atoms with Crippen LogP contribution in [0.5, 0.6) is 5.75 Å². The van der Waals surface area contributed by atoms with Gasteiger partial charge in [-0.3, -0.25) is 4.98 Å². The van der Waals surface area contributed by atoms with Crippen molar-refractivity contribution in [3.05, 3.63) is 23.0 Å². The molecule has 0 radical (unpaired) electrons. The lowest BCUT2D eigenvalue weighted by Crippen LogP contribution is -2.11. The highest BCUT2D eigenvalue weighted by Gasteiger charge is 2.04. The lowest BCUT2D eigenvalue weighted by molar-refractivity contribution is 0.406. The second-order valence-electron chi connectivity index (χ2n) is 2.66. The van der Waals surface area contributed by atoms with Gasteiger partial charge in [0, 0.05) is 25.2 Å². The molecule has 1 N–H and O–H groups in total. The summed E-state index contributed by atoms with van der Waals surface area (Å²) in [5, 5.41) is 3.66. The van der Waals surface area contributed by atoms with Crippen molar-refractivity contribution < 1.29 is 4.74 Å². The van der Waals surface area contributed by atoms with Crippen LogP contribution in [0.1, 0.15) is 5.69 Å². The first-order valence-electron chi connectivity index (χ1n) is 4.11. The number of hydrogen-bond acceptors (Lipinski definition) is 3. The molecule has 0 aromatic carbocycles. The van der Waals surface area contributed by atoms with Crippen LogP contribution in [-0.4, -0.2) is 25.7 Å². The number of hydrogen-bond donors (Lipinski definition) is 1. The smallest absolute Gasteiger partial charge is 0.141 e. The van der Waals surface area contributed by atoms with Crippen molar-refractivity contribution >= 4 is 11.6 Å². The number of halogens is 1. The highest BCUT2D eigenvalue weighted by Crippen LogP contribution is 2.20. The Labute approximate surface area is 83.1 Å². The van der Waals surface area contributed by atoms with E-state index in [-0.39, 0.29) is 0 Å². The minimum atomic E-state index is 0.602. The Balaban J connectivity index is 2.79. The lowest BCUT2D eigenvalue weighted by atomic mass is 10.2. The highest BCUT2D eigenvalue weighted by atomic mass is 35.5. The molecule has 0 aliphatic carbocycles. The summed E-state index contributed by atoms with van der Waals surface area (Å²) in [5.74, 6) is 0.753. The SMILES string of the molecule is CNCCc1ncc(Cl)cc1OC. The highest BCUT2D eigenvalue weighted by molar-refractivity contribution is 6.30. The molecule has 0 atom stereocenters. The van der Waals surface area contributed by atoms with Crippen LogP contribution in [0.3, 0.4) is 0 Å². The van der Waals surface area contributed by atoms with Crippen molar-refractivity contribution in [1.29, 1.82) is 0 Å². The van der Waals surface area contributed by atoms with E-state index < -0.39 is 0 Å². The summed E-state index contributed by atoms with van der Waals surface area (Å²) < 4.78 is 5.15. The van der Waals surface area contributed by atoms with Gasteiger partial charge in [-0.1, -0.05) is 11.6 Å². The van der Waals surface area contributed by atoms with E-state index >= 15 is 0 Å². The van der Waals surface area contributed by atoms with Crippen molar-refractivity contribution in [3.8, 4) is 5.75 Å². The van der Waals surface area contributed by atoms with Crippen LogP contribution in [-0.2, 0) is 6.42 Å². The first kappa shape index (κ1) is 10.3. The molecule has 0 fully saturated rings. The van der Waals surface area contributed by atoms with Crippen molar-refractivity contribution in [2.45, 2.75) is 6.42 Å². The first-order valence-corrected chi connectivity index (χ1v) is 4.48. The van der Waals surface area contributed by atoms with Crippen LogP contribution >= 0.6 is 11.6 Å². The maximum Gasteiger partial charge on any atom is 0.141 e. The monoisotopic (exact) mass is 200 g/mol. The molecule has 1 rings (SSSR count). The van der Waals surface area contributed by atoms with E-state index in [4.69, 9.17) is 16.3 Å². The molecule has 72 valence electrons. The standard InChI is InChI=1S/C9H13ClN2O/c1-11-4-3-8-9(13-2)5-7(10)6-12-8/h5-6,11H,3-4H2,1-2H3. The fraction of sp³-hybridized carbons (Fsp3) is 0.444. The summed E-state index contributed by atoms with van der Waals surface area (Å²) >= 11 is 5.77. The second-order valence-corrected chi connectivity index (χ2v) is 3.09. The number of ether oxygens (including phenoxy) is 1. The van der Waals surface area contributed by atoms with Crippen LogP contribution < -0.4 is 10.1 Å². The fourth-order valence-corrected chi connectivity index (χ4v) is 1.20. The van der Waals surface area contributed by atoms with E-state index in [0.717, 1.165) is 24.4 Å². The third kappa shape index (κ3) is 2.86. The normalized spacial score (nSPS) is 10.1. The van der Waals surface area contributed by atoms with Gasteiger partial charge < -0.3 is 10.1 Å². The Morgan fingerprint density at radius 3 is 3.00 bits per heavy atom. The molecular formula is C9H13ClN2O. The molecule has 0 aliphatic heterocycles. The quantitative estimate of drug-likeness (QED) is 0.800. The molecule has 4 heteroatoms. The minimum absolute atomic E-state index is 0.602. The van der Waals surface area contributed by atoms with E-state index in [1.807, 2.05) is 7.05 Å². The molecule has 0 saturated heterocycles. The molecule has 0 spiro atoms. The van der Waals surface area contributed by atoms with Gasteiger partial charge >= 0.3 is 0 Å². The Hall–Kier alpha value is -0.800. The van der Waals surface area contributed by atoms with Gasteiger partial charge in [-0.05, 0) is 7.05 Å². The number of pyridine rings is 1. The van der Waals surface area contributed by atoms with Crippen LogP contribution in [0, 0.1) is 0 Å². The molecule has 0 unspecified atom stereocenters. The van der Waals surface area contributed by atoms with Gasteiger partial charge in [0.1, 0.15) is 5.75 Å². The number of nitrogens with one attached hydrogen (secondary N) is 1. The van der Waals surface area contributed by atoms with Crippen LogP contribution in [0.4, 0.5) is 0 Å². The van der Waals surface area contributed by atoms with E-state index in [9.17, 15) is 0 Å². The van der Waals surface area contributed by atoms with Crippen LogP contribution in [0.15, 0.2) is 12.3 Å². The van der Waals surface area contributed by atoms with Gasteiger partial charge in [0.2, 0.25) is 0 Å². The van der Waals surface area contributed by atoms with E-state index in [1.54, 1.807) is 19.4 Å². The molecule has 0 bridgehead atoms. The largest absolute Gasteiger partial charge is 0.495 e. The number of methoxy groups -OCH3 is 1. The number of aromatic nitrogens is 1. The van der Waals surface area contributed by atoms with Gasteiger partial charge in [-0.15, -0.1) is 0 Å². The molecule has 0 saturated carbocycles. The van der Waals surface area contributed by atoms with E-state index in [1.165, 1.54) is 0 Å². The molecule has 0 amide bonds. The van der Waals surface area contributed by atoms with Gasteiger partial charge in [0.15, 0.2) is 0 Å². The third-order valence-electron chi connectivity index (χ3n) is 1.73. The van der Waals surface area contributed by atoms with Gasteiger partial charge in [0.05, 0.1) is 17.8 Å². The van der Waals surface area contributed by atoms with Crippen LogP contribution in [0.25, 0.3) is 0 Å². The second kappa shape index (κ2) is 5.04. The van der Waals surface area contributed by atoms with Crippen molar-refractivity contribution in [3.63, 3.8) is 0 Å². The maximum absolute atomic E-state index is 5.77. The maximum atomic E-state index is 5.77. The average molecular weight is 201 g/mol. The molecule has 13 heavy (non-hydrogen) atoms. The molecule has 1 aromatic rings. The molecule has 3 nitrogen and oxygen atoms in total. The van der Waals surface area contributed by atoms with Crippen molar-refractivity contribution in [2.75, 3.05) is 20.7 Å². The zero-order valence-electron chi connectivity index (χ0n) is 7.80. The fourth-order valence-electron chi connectivity index (χ4n) is 1.06. The zero-order valence-corrected chi connectivity index (χ0v) is 8.56. The molecule has 1 aromatic heterocycles. The number of nitrogens with zero attached hydrogens (tertiary/aromatic N) is 1. The first-order chi connectivity index (χ1) is 6.27.